The topological polar surface area (TPSA) is 32.3 Å². The first-order valence-electron chi connectivity index (χ1n) is 5.87. The number of halogens is 1. The van der Waals surface area contributed by atoms with E-state index < -0.39 is 0 Å². The van der Waals surface area contributed by atoms with Crippen LogP contribution in [0.25, 0.3) is 0 Å². The lowest BCUT2D eigenvalue weighted by Gasteiger charge is -2.17. The van der Waals surface area contributed by atoms with E-state index in [-0.39, 0.29) is 6.03 Å². The van der Waals surface area contributed by atoms with Crippen LogP contribution in [0.2, 0.25) is 0 Å². The molecular weight excluding hydrogens is 324 g/mol. The van der Waals surface area contributed by atoms with Gasteiger partial charge in [-0.3, -0.25) is 0 Å². The summed E-state index contributed by atoms with van der Waals surface area (Å²) in [5.74, 6) is 0. The Kier molecular flexibility index (Phi) is 4.61. The number of hydrogen-bond acceptors (Lipinski definition) is 2. The van der Waals surface area contributed by atoms with E-state index in [1.807, 2.05) is 43.3 Å². The molecule has 1 aromatic carbocycles. The summed E-state index contributed by atoms with van der Waals surface area (Å²) in [5.41, 5.74) is 1.95. The van der Waals surface area contributed by atoms with Crippen LogP contribution in [0.5, 0.6) is 0 Å². The third-order valence-corrected chi connectivity index (χ3v) is 4.25. The highest BCUT2D eigenvalue weighted by Gasteiger charge is 2.10. The van der Waals surface area contributed by atoms with Crippen LogP contribution < -0.4 is 5.32 Å². The Morgan fingerprint density at radius 1 is 1.37 bits per heavy atom. The van der Waals surface area contributed by atoms with Crippen LogP contribution >= 0.6 is 27.3 Å². The Morgan fingerprint density at radius 2 is 2.16 bits per heavy atom. The van der Waals surface area contributed by atoms with Gasteiger partial charge in [0.2, 0.25) is 0 Å². The number of benzene rings is 1. The van der Waals surface area contributed by atoms with Gasteiger partial charge in [0.1, 0.15) is 0 Å². The molecule has 19 heavy (non-hydrogen) atoms. The molecule has 0 saturated carbocycles. The van der Waals surface area contributed by atoms with Crippen molar-refractivity contribution in [1.82, 2.24) is 4.90 Å². The summed E-state index contributed by atoms with van der Waals surface area (Å²) in [6.45, 7) is 2.61. The van der Waals surface area contributed by atoms with Gasteiger partial charge >= 0.3 is 6.03 Å². The lowest BCUT2D eigenvalue weighted by molar-refractivity contribution is 0.221. The second-order valence-corrected chi connectivity index (χ2v) is 6.91. The van der Waals surface area contributed by atoms with Crippen LogP contribution in [-0.2, 0) is 6.54 Å². The zero-order valence-corrected chi connectivity index (χ0v) is 13.2. The highest BCUT2D eigenvalue weighted by Crippen LogP contribution is 2.23. The maximum Gasteiger partial charge on any atom is 0.321 e. The Hall–Kier alpha value is -1.33. The fourth-order valence-electron chi connectivity index (χ4n) is 1.68. The number of amides is 2. The summed E-state index contributed by atoms with van der Waals surface area (Å²) in [6, 6.07) is 11.7. The second-order valence-electron chi connectivity index (χ2n) is 4.36. The summed E-state index contributed by atoms with van der Waals surface area (Å²) in [7, 11) is 1.79. The van der Waals surface area contributed by atoms with Gasteiger partial charge in [0.15, 0.2) is 0 Å². The molecule has 100 valence electrons. The van der Waals surface area contributed by atoms with Crippen LogP contribution in [0.1, 0.15) is 10.4 Å². The molecule has 3 nitrogen and oxygen atoms in total. The van der Waals surface area contributed by atoms with E-state index in [2.05, 4.69) is 21.2 Å². The molecule has 0 fully saturated rings. The first-order valence-corrected chi connectivity index (χ1v) is 7.48. The molecule has 2 rings (SSSR count). The van der Waals surface area contributed by atoms with E-state index >= 15 is 0 Å². The number of aryl methyl sites for hydroxylation is 1. The van der Waals surface area contributed by atoms with Gasteiger partial charge in [-0.15, -0.1) is 11.3 Å². The van der Waals surface area contributed by atoms with E-state index in [1.165, 1.54) is 0 Å². The molecule has 0 radical (unpaired) electrons. The molecule has 0 aliphatic rings. The van der Waals surface area contributed by atoms with Gasteiger partial charge in [-0.2, -0.15) is 0 Å². The fourth-order valence-corrected chi connectivity index (χ4v) is 3.22. The number of nitrogens with one attached hydrogen (secondary N) is 1. The molecule has 0 aliphatic carbocycles. The maximum atomic E-state index is 12.0. The van der Waals surface area contributed by atoms with Crippen LogP contribution in [0, 0.1) is 6.92 Å². The molecule has 0 bridgehead atoms. The third kappa shape index (κ3) is 4.08. The monoisotopic (exact) mass is 338 g/mol. The minimum Gasteiger partial charge on any atom is -0.322 e. The Bertz CT molecular complexity index is 582. The Labute approximate surface area is 125 Å². The number of anilines is 1. The quantitative estimate of drug-likeness (QED) is 0.878. The van der Waals surface area contributed by atoms with Gasteiger partial charge < -0.3 is 10.2 Å². The molecule has 2 aromatic rings. The van der Waals surface area contributed by atoms with Crippen molar-refractivity contribution in [2.75, 3.05) is 12.4 Å². The second kappa shape index (κ2) is 6.21. The number of carbonyl (C=O) groups is 1. The van der Waals surface area contributed by atoms with Crippen LogP contribution in [0.3, 0.4) is 0 Å². The molecule has 0 aliphatic heterocycles. The number of urea groups is 1. The van der Waals surface area contributed by atoms with Crippen molar-refractivity contribution < 1.29 is 4.79 Å². The Morgan fingerprint density at radius 3 is 2.79 bits per heavy atom. The number of nitrogens with zero attached hydrogens (tertiary/aromatic N) is 1. The number of thiophene rings is 1. The molecule has 2 amide bonds. The van der Waals surface area contributed by atoms with Crippen LogP contribution in [-0.4, -0.2) is 18.0 Å². The average molecular weight is 339 g/mol. The summed E-state index contributed by atoms with van der Waals surface area (Å²) in [4.78, 5) is 14.9. The van der Waals surface area contributed by atoms with Gasteiger partial charge in [-0.1, -0.05) is 12.1 Å². The fraction of sp³-hybridized carbons (Fsp3) is 0.214. The maximum absolute atomic E-state index is 12.0. The van der Waals surface area contributed by atoms with Crippen LogP contribution in [0.4, 0.5) is 10.5 Å². The lowest BCUT2D eigenvalue weighted by atomic mass is 10.2. The van der Waals surface area contributed by atoms with E-state index in [1.54, 1.807) is 23.3 Å². The van der Waals surface area contributed by atoms with Gasteiger partial charge in [0.25, 0.3) is 0 Å². The predicted molar refractivity (Wildman–Crippen MR) is 83.7 cm³/mol. The van der Waals surface area contributed by atoms with Gasteiger partial charge in [-0.25, -0.2) is 4.79 Å². The molecular formula is C14H15BrN2OS. The summed E-state index contributed by atoms with van der Waals surface area (Å²) < 4.78 is 1.08. The average Bonchev–Trinajstić information content (AvgIpc) is 2.74. The molecule has 5 heteroatoms. The zero-order chi connectivity index (χ0) is 13.8. The van der Waals surface area contributed by atoms with Gasteiger partial charge in [0.05, 0.1) is 10.3 Å². The van der Waals surface area contributed by atoms with Crippen molar-refractivity contribution in [1.29, 1.82) is 0 Å². The number of rotatable bonds is 3. The molecule has 1 N–H and O–H groups in total. The normalized spacial score (nSPS) is 10.3. The lowest BCUT2D eigenvalue weighted by Crippen LogP contribution is -2.30. The van der Waals surface area contributed by atoms with Gasteiger partial charge in [-0.05, 0) is 52.7 Å². The van der Waals surface area contributed by atoms with Crippen molar-refractivity contribution in [3.63, 3.8) is 0 Å². The molecule has 0 atom stereocenters. The standard InChI is InChI=1S/C14H15BrN2OS/c1-10-4-3-5-11(8-10)16-14(18)17(2)9-12-6-7-13(15)19-12/h3-8H,9H2,1-2H3,(H,16,18). The van der Waals surface area contributed by atoms with Crippen molar-refractivity contribution in [2.45, 2.75) is 13.5 Å². The number of carbonyl (C=O) groups excluding carboxylic acids is 1. The SMILES string of the molecule is Cc1cccc(NC(=O)N(C)Cc2ccc(Br)s2)c1. The zero-order valence-electron chi connectivity index (χ0n) is 10.8. The van der Waals surface area contributed by atoms with E-state index in [9.17, 15) is 4.79 Å². The third-order valence-electron chi connectivity index (χ3n) is 2.64. The minimum absolute atomic E-state index is 0.102. The van der Waals surface area contributed by atoms with E-state index in [0.717, 1.165) is 19.9 Å². The van der Waals surface area contributed by atoms with E-state index in [0.29, 0.717) is 6.54 Å². The summed E-state index contributed by atoms with van der Waals surface area (Å²) >= 11 is 5.06. The van der Waals surface area contributed by atoms with Gasteiger partial charge in [0, 0.05) is 17.6 Å². The summed E-state index contributed by atoms with van der Waals surface area (Å²) in [5, 5.41) is 2.89. The van der Waals surface area contributed by atoms with E-state index in [4.69, 9.17) is 0 Å². The van der Waals surface area contributed by atoms with Crippen molar-refractivity contribution >= 4 is 39.0 Å². The Balaban J connectivity index is 1.96. The number of hydrogen-bond donors (Lipinski definition) is 1. The summed E-state index contributed by atoms with van der Waals surface area (Å²) in [6.07, 6.45) is 0. The molecule has 0 saturated heterocycles. The van der Waals surface area contributed by atoms with Crippen molar-refractivity contribution in [3.05, 3.63) is 50.6 Å². The highest BCUT2D eigenvalue weighted by molar-refractivity contribution is 9.11. The largest absolute Gasteiger partial charge is 0.322 e. The minimum atomic E-state index is -0.102. The molecule has 0 spiro atoms. The first-order chi connectivity index (χ1) is 9.04. The molecule has 1 aromatic heterocycles. The predicted octanol–water partition coefficient (Wildman–Crippen LogP) is 4.48. The molecule has 0 unspecified atom stereocenters. The highest BCUT2D eigenvalue weighted by atomic mass is 79.9. The smallest absolute Gasteiger partial charge is 0.321 e. The first kappa shape index (κ1) is 14.1. The van der Waals surface area contributed by atoms with Crippen LogP contribution in [0.15, 0.2) is 40.2 Å². The molecule has 1 heterocycles. The van der Waals surface area contributed by atoms with Crippen molar-refractivity contribution in [2.24, 2.45) is 0 Å². The van der Waals surface area contributed by atoms with Crippen molar-refractivity contribution in [3.8, 4) is 0 Å².